The van der Waals surface area contributed by atoms with Gasteiger partial charge in [-0.25, -0.2) is 0 Å². The molecule has 2 nitrogen and oxygen atoms in total. The molecule has 0 bridgehead atoms. The fourth-order valence-corrected chi connectivity index (χ4v) is 1.95. The number of hydrogen-bond donors (Lipinski definition) is 1. The van der Waals surface area contributed by atoms with Gasteiger partial charge in [0, 0.05) is 25.5 Å². The molecule has 17 heavy (non-hydrogen) atoms. The number of rotatable bonds is 3. The summed E-state index contributed by atoms with van der Waals surface area (Å²) >= 11 is 0. The van der Waals surface area contributed by atoms with E-state index in [0.717, 1.165) is 12.1 Å². The molecular weight excluding hydrogens is 208 g/mol. The van der Waals surface area contributed by atoms with E-state index in [4.69, 9.17) is 5.73 Å². The maximum Gasteiger partial charge on any atom is 0.0396 e. The van der Waals surface area contributed by atoms with E-state index in [9.17, 15) is 0 Å². The summed E-state index contributed by atoms with van der Waals surface area (Å²) < 4.78 is 0. The smallest absolute Gasteiger partial charge is 0.0396 e. The van der Waals surface area contributed by atoms with Crippen molar-refractivity contribution in [3.05, 3.63) is 59.7 Å². The van der Waals surface area contributed by atoms with Crippen molar-refractivity contribution < 1.29 is 0 Å². The van der Waals surface area contributed by atoms with Gasteiger partial charge in [0.2, 0.25) is 0 Å². The zero-order valence-corrected chi connectivity index (χ0v) is 10.4. The Morgan fingerprint density at radius 2 is 1.59 bits per heavy atom. The second-order valence-corrected chi connectivity index (χ2v) is 4.44. The van der Waals surface area contributed by atoms with Gasteiger partial charge in [-0.15, -0.1) is 0 Å². The molecule has 2 N–H and O–H groups in total. The first kappa shape index (κ1) is 11.5. The van der Waals surface area contributed by atoms with Gasteiger partial charge in [-0.2, -0.15) is 0 Å². The molecule has 0 radical (unpaired) electrons. The van der Waals surface area contributed by atoms with Crippen LogP contribution >= 0.6 is 0 Å². The van der Waals surface area contributed by atoms with Crippen molar-refractivity contribution in [2.45, 2.75) is 6.42 Å². The Morgan fingerprint density at radius 1 is 0.941 bits per heavy atom. The number of nitrogen functional groups attached to an aromatic ring is 1. The highest BCUT2D eigenvalue weighted by atomic mass is 15.1. The minimum Gasteiger partial charge on any atom is -0.399 e. The number of nitrogens with two attached hydrogens (primary N) is 1. The minimum absolute atomic E-state index is 0.814. The Kier molecular flexibility index (Phi) is 3.33. The number of para-hydroxylation sites is 1. The summed E-state index contributed by atoms with van der Waals surface area (Å²) in [6.07, 6.45) is 0.939. The lowest BCUT2D eigenvalue weighted by Gasteiger charge is -2.17. The molecule has 0 saturated heterocycles. The number of hydrogen-bond acceptors (Lipinski definition) is 2. The topological polar surface area (TPSA) is 29.3 Å². The van der Waals surface area contributed by atoms with Crippen molar-refractivity contribution >= 4 is 11.4 Å². The van der Waals surface area contributed by atoms with Crippen LogP contribution < -0.4 is 10.6 Å². The fourth-order valence-electron chi connectivity index (χ4n) is 1.95. The molecule has 0 fully saturated rings. The first-order valence-corrected chi connectivity index (χ1v) is 5.76. The van der Waals surface area contributed by atoms with E-state index >= 15 is 0 Å². The Bertz CT molecular complexity index is 487. The lowest BCUT2D eigenvalue weighted by atomic mass is 10.0. The SMILES string of the molecule is CN(C)c1ccccc1Cc1ccc(N)cc1. The molecule has 2 aromatic rings. The van der Waals surface area contributed by atoms with E-state index in [1.54, 1.807) is 0 Å². The van der Waals surface area contributed by atoms with E-state index in [-0.39, 0.29) is 0 Å². The molecular formula is C15H18N2. The van der Waals surface area contributed by atoms with Crippen molar-refractivity contribution in [1.29, 1.82) is 0 Å². The number of nitrogens with zero attached hydrogens (tertiary/aromatic N) is 1. The molecule has 2 heteroatoms. The summed E-state index contributed by atoms with van der Waals surface area (Å²) in [7, 11) is 4.14. The molecule has 0 spiro atoms. The van der Waals surface area contributed by atoms with Gasteiger partial charge < -0.3 is 10.6 Å². The molecule has 0 heterocycles. The lowest BCUT2D eigenvalue weighted by Crippen LogP contribution is -2.11. The van der Waals surface area contributed by atoms with Crippen molar-refractivity contribution in [2.24, 2.45) is 0 Å². The molecule has 0 saturated carbocycles. The van der Waals surface area contributed by atoms with Crippen LogP contribution in [0.4, 0.5) is 11.4 Å². The molecule has 0 aliphatic carbocycles. The average Bonchev–Trinajstić information content (AvgIpc) is 2.32. The average molecular weight is 226 g/mol. The predicted molar refractivity (Wildman–Crippen MR) is 74.4 cm³/mol. The Hall–Kier alpha value is -1.96. The van der Waals surface area contributed by atoms with E-state index < -0.39 is 0 Å². The second kappa shape index (κ2) is 4.91. The van der Waals surface area contributed by atoms with Crippen molar-refractivity contribution in [3.8, 4) is 0 Å². The van der Waals surface area contributed by atoms with E-state index in [1.807, 2.05) is 12.1 Å². The van der Waals surface area contributed by atoms with Crippen LogP contribution in [0.1, 0.15) is 11.1 Å². The standard InChI is InChI=1S/C15H18N2/c1-17(2)15-6-4-3-5-13(15)11-12-7-9-14(16)10-8-12/h3-10H,11,16H2,1-2H3. The summed E-state index contributed by atoms with van der Waals surface area (Å²) in [6, 6.07) is 16.5. The molecule has 0 unspecified atom stereocenters. The third kappa shape index (κ3) is 2.78. The molecule has 2 rings (SSSR count). The first-order valence-electron chi connectivity index (χ1n) is 5.76. The quantitative estimate of drug-likeness (QED) is 0.815. The molecule has 0 atom stereocenters. The summed E-state index contributed by atoms with van der Waals surface area (Å²) in [5, 5.41) is 0. The van der Waals surface area contributed by atoms with Gasteiger partial charge in [0.25, 0.3) is 0 Å². The van der Waals surface area contributed by atoms with Gasteiger partial charge in [-0.1, -0.05) is 30.3 Å². The first-order chi connectivity index (χ1) is 8.16. The van der Waals surface area contributed by atoms with Crippen LogP contribution in [0.15, 0.2) is 48.5 Å². The number of benzene rings is 2. The van der Waals surface area contributed by atoms with Gasteiger partial charge in [-0.05, 0) is 35.7 Å². The van der Waals surface area contributed by atoms with Gasteiger partial charge in [0.1, 0.15) is 0 Å². The highest BCUT2D eigenvalue weighted by Crippen LogP contribution is 2.21. The van der Waals surface area contributed by atoms with Gasteiger partial charge in [-0.3, -0.25) is 0 Å². The summed E-state index contributed by atoms with van der Waals surface area (Å²) in [5.41, 5.74) is 10.4. The van der Waals surface area contributed by atoms with Crippen LogP contribution in [-0.2, 0) is 6.42 Å². The van der Waals surface area contributed by atoms with Crippen molar-refractivity contribution in [3.63, 3.8) is 0 Å². The largest absolute Gasteiger partial charge is 0.399 e. The normalized spacial score (nSPS) is 10.2. The molecule has 0 aliphatic rings. The van der Waals surface area contributed by atoms with Crippen LogP contribution in [0.3, 0.4) is 0 Å². The molecule has 0 aromatic heterocycles. The lowest BCUT2D eigenvalue weighted by molar-refractivity contribution is 1.08. The molecule has 0 aliphatic heterocycles. The number of anilines is 2. The Balaban J connectivity index is 2.26. The maximum absolute atomic E-state index is 5.69. The molecule has 88 valence electrons. The van der Waals surface area contributed by atoms with Gasteiger partial charge in [0.15, 0.2) is 0 Å². The third-order valence-corrected chi connectivity index (χ3v) is 2.85. The van der Waals surface area contributed by atoms with E-state index in [1.165, 1.54) is 16.8 Å². The van der Waals surface area contributed by atoms with Crippen LogP contribution in [0.25, 0.3) is 0 Å². The Morgan fingerprint density at radius 3 is 2.24 bits per heavy atom. The van der Waals surface area contributed by atoms with Crippen LogP contribution in [0.2, 0.25) is 0 Å². The third-order valence-electron chi connectivity index (χ3n) is 2.85. The zero-order chi connectivity index (χ0) is 12.3. The second-order valence-electron chi connectivity index (χ2n) is 4.44. The summed E-state index contributed by atoms with van der Waals surface area (Å²) in [5.74, 6) is 0. The monoisotopic (exact) mass is 226 g/mol. The highest BCUT2D eigenvalue weighted by molar-refractivity contribution is 5.54. The van der Waals surface area contributed by atoms with Gasteiger partial charge in [0.05, 0.1) is 0 Å². The van der Waals surface area contributed by atoms with Crippen molar-refractivity contribution in [2.75, 3.05) is 24.7 Å². The summed E-state index contributed by atoms with van der Waals surface area (Å²) in [4.78, 5) is 2.15. The van der Waals surface area contributed by atoms with Crippen LogP contribution in [0, 0.1) is 0 Å². The summed E-state index contributed by atoms with van der Waals surface area (Å²) in [6.45, 7) is 0. The Labute approximate surface area is 103 Å². The maximum atomic E-state index is 5.69. The van der Waals surface area contributed by atoms with Crippen LogP contribution in [-0.4, -0.2) is 14.1 Å². The molecule has 2 aromatic carbocycles. The predicted octanol–water partition coefficient (Wildman–Crippen LogP) is 2.93. The molecule has 0 amide bonds. The minimum atomic E-state index is 0.814. The zero-order valence-electron chi connectivity index (χ0n) is 10.4. The highest BCUT2D eigenvalue weighted by Gasteiger charge is 2.04. The van der Waals surface area contributed by atoms with Crippen LogP contribution in [0.5, 0.6) is 0 Å². The van der Waals surface area contributed by atoms with E-state index in [2.05, 4.69) is 55.4 Å². The van der Waals surface area contributed by atoms with Crippen molar-refractivity contribution in [1.82, 2.24) is 0 Å². The van der Waals surface area contributed by atoms with E-state index in [0.29, 0.717) is 0 Å². The fraction of sp³-hybridized carbons (Fsp3) is 0.200. The van der Waals surface area contributed by atoms with Gasteiger partial charge >= 0.3 is 0 Å².